The number of ether oxygens (including phenoxy) is 1. The van der Waals surface area contributed by atoms with Crippen LogP contribution in [0.3, 0.4) is 0 Å². The molecule has 1 aromatic carbocycles. The lowest BCUT2D eigenvalue weighted by Crippen LogP contribution is -1.97. The molecule has 0 radical (unpaired) electrons. The minimum Gasteiger partial charge on any atom is -0.492 e. The van der Waals surface area contributed by atoms with Gasteiger partial charge in [0.2, 0.25) is 0 Å². The minimum absolute atomic E-state index is 0.361. The number of benzene rings is 1. The zero-order chi connectivity index (χ0) is 9.68. The Kier molecular flexibility index (Phi) is 4.25. The molecule has 0 aromatic heterocycles. The Morgan fingerprint density at radius 2 is 2.31 bits per heavy atom. The van der Waals surface area contributed by atoms with E-state index in [1.54, 1.807) is 12.1 Å². The summed E-state index contributed by atoms with van der Waals surface area (Å²) in [6.07, 6.45) is 1.19. The maximum atomic E-state index is 10.0. The van der Waals surface area contributed by atoms with Gasteiger partial charge in [0, 0.05) is 10.9 Å². The zero-order valence-corrected chi connectivity index (χ0v) is 9.14. The van der Waals surface area contributed by atoms with Gasteiger partial charge in [-0.3, -0.25) is 0 Å². The first-order valence-corrected chi connectivity index (χ1v) is 4.92. The van der Waals surface area contributed by atoms with E-state index in [9.17, 15) is 4.79 Å². The largest absolute Gasteiger partial charge is 0.492 e. The van der Waals surface area contributed by atoms with Gasteiger partial charge in [-0.15, -0.1) is 0 Å². The molecule has 0 saturated heterocycles. The fourth-order valence-corrected chi connectivity index (χ4v) is 1.32. The van der Waals surface area contributed by atoms with Gasteiger partial charge in [-0.1, -0.05) is 27.5 Å². The van der Waals surface area contributed by atoms with E-state index in [1.165, 1.54) is 0 Å². The second-order valence-corrected chi connectivity index (χ2v) is 3.70. The van der Waals surface area contributed by atoms with Gasteiger partial charge < -0.3 is 9.53 Å². The highest BCUT2D eigenvalue weighted by atomic mass is 79.9. The third-order valence-electron chi connectivity index (χ3n) is 1.39. The number of halogens is 2. The molecule has 0 aliphatic carbocycles. The van der Waals surface area contributed by atoms with Crippen molar-refractivity contribution in [3.05, 3.63) is 27.7 Å². The molecule has 13 heavy (non-hydrogen) atoms. The van der Waals surface area contributed by atoms with E-state index in [1.807, 2.05) is 6.07 Å². The van der Waals surface area contributed by atoms with Crippen molar-refractivity contribution in [3.8, 4) is 5.75 Å². The lowest BCUT2D eigenvalue weighted by molar-refractivity contribution is -0.108. The molecule has 0 fully saturated rings. The summed E-state index contributed by atoms with van der Waals surface area (Å²) >= 11 is 9.14. The average molecular weight is 264 g/mol. The van der Waals surface area contributed by atoms with Crippen molar-refractivity contribution >= 4 is 33.8 Å². The molecule has 1 aromatic rings. The van der Waals surface area contributed by atoms with Crippen molar-refractivity contribution in [2.75, 3.05) is 6.61 Å². The van der Waals surface area contributed by atoms with Gasteiger partial charge in [-0.05, 0) is 18.2 Å². The van der Waals surface area contributed by atoms with Crippen molar-refractivity contribution in [1.29, 1.82) is 0 Å². The lowest BCUT2D eigenvalue weighted by Gasteiger charge is -2.05. The molecule has 0 amide bonds. The van der Waals surface area contributed by atoms with Crippen LogP contribution in [0.15, 0.2) is 22.7 Å². The fourth-order valence-electron chi connectivity index (χ4n) is 0.805. The Morgan fingerprint density at radius 1 is 1.54 bits per heavy atom. The van der Waals surface area contributed by atoms with Crippen LogP contribution in [-0.2, 0) is 4.79 Å². The molecule has 0 aliphatic rings. The van der Waals surface area contributed by atoms with Gasteiger partial charge in [0.05, 0.1) is 11.6 Å². The highest BCUT2D eigenvalue weighted by Crippen LogP contribution is 2.27. The molecule has 0 unspecified atom stereocenters. The first-order valence-electron chi connectivity index (χ1n) is 3.75. The summed E-state index contributed by atoms with van der Waals surface area (Å²) in [6.45, 7) is 0.361. The molecule has 0 atom stereocenters. The zero-order valence-electron chi connectivity index (χ0n) is 6.80. The van der Waals surface area contributed by atoms with Crippen molar-refractivity contribution in [2.24, 2.45) is 0 Å². The van der Waals surface area contributed by atoms with Crippen LogP contribution in [0.25, 0.3) is 0 Å². The van der Waals surface area contributed by atoms with E-state index in [0.717, 1.165) is 10.8 Å². The number of hydrogen-bond acceptors (Lipinski definition) is 2. The SMILES string of the molecule is O=CCCOc1cc(Br)ccc1Cl. The van der Waals surface area contributed by atoms with Crippen LogP contribution in [0.5, 0.6) is 5.75 Å². The van der Waals surface area contributed by atoms with E-state index >= 15 is 0 Å². The van der Waals surface area contributed by atoms with Crippen LogP contribution in [0.4, 0.5) is 0 Å². The quantitative estimate of drug-likeness (QED) is 0.616. The van der Waals surface area contributed by atoms with Gasteiger partial charge in [0.25, 0.3) is 0 Å². The maximum Gasteiger partial charge on any atom is 0.139 e. The van der Waals surface area contributed by atoms with Crippen molar-refractivity contribution in [1.82, 2.24) is 0 Å². The summed E-state index contributed by atoms with van der Waals surface area (Å²) in [5.74, 6) is 0.595. The van der Waals surface area contributed by atoms with E-state index in [2.05, 4.69) is 15.9 Å². The fraction of sp³-hybridized carbons (Fsp3) is 0.222. The number of hydrogen-bond donors (Lipinski definition) is 0. The molecule has 4 heteroatoms. The van der Waals surface area contributed by atoms with E-state index in [0.29, 0.717) is 23.8 Å². The Hall–Kier alpha value is -0.540. The summed E-state index contributed by atoms with van der Waals surface area (Å²) in [5.41, 5.74) is 0. The monoisotopic (exact) mass is 262 g/mol. The number of rotatable bonds is 4. The molecule has 0 heterocycles. The molecule has 0 aliphatic heterocycles. The van der Waals surface area contributed by atoms with Crippen LogP contribution in [0.1, 0.15) is 6.42 Å². The highest BCUT2D eigenvalue weighted by Gasteiger charge is 2.01. The second-order valence-electron chi connectivity index (χ2n) is 2.38. The van der Waals surface area contributed by atoms with Crippen LogP contribution < -0.4 is 4.74 Å². The van der Waals surface area contributed by atoms with Crippen LogP contribution in [-0.4, -0.2) is 12.9 Å². The van der Waals surface area contributed by atoms with Crippen molar-refractivity contribution in [3.63, 3.8) is 0 Å². The summed E-state index contributed by atoms with van der Waals surface area (Å²) in [4.78, 5) is 10.0. The molecular weight excluding hydrogens is 255 g/mol. The topological polar surface area (TPSA) is 26.3 Å². The van der Waals surface area contributed by atoms with Crippen molar-refractivity contribution < 1.29 is 9.53 Å². The highest BCUT2D eigenvalue weighted by molar-refractivity contribution is 9.10. The van der Waals surface area contributed by atoms with Gasteiger partial charge >= 0.3 is 0 Å². The molecule has 70 valence electrons. The minimum atomic E-state index is 0.361. The molecule has 0 saturated carbocycles. The third kappa shape index (κ3) is 3.36. The van der Waals surface area contributed by atoms with E-state index in [4.69, 9.17) is 16.3 Å². The molecule has 0 spiro atoms. The van der Waals surface area contributed by atoms with Crippen LogP contribution >= 0.6 is 27.5 Å². The van der Waals surface area contributed by atoms with Crippen LogP contribution in [0, 0.1) is 0 Å². The molecule has 1 rings (SSSR count). The maximum absolute atomic E-state index is 10.0. The molecule has 0 bridgehead atoms. The smallest absolute Gasteiger partial charge is 0.139 e. The Bertz CT molecular complexity index is 302. The second kappa shape index (κ2) is 5.25. The van der Waals surface area contributed by atoms with Gasteiger partial charge in [0.15, 0.2) is 0 Å². The number of aldehydes is 1. The van der Waals surface area contributed by atoms with Gasteiger partial charge in [-0.25, -0.2) is 0 Å². The summed E-state index contributed by atoms with van der Waals surface area (Å²) in [5, 5.41) is 0.550. The first kappa shape index (κ1) is 10.5. The molecular formula is C9H8BrClO2. The standard InChI is InChI=1S/C9H8BrClO2/c10-7-2-3-8(11)9(6-7)13-5-1-4-12/h2-4,6H,1,5H2. The van der Waals surface area contributed by atoms with Gasteiger partial charge in [-0.2, -0.15) is 0 Å². The van der Waals surface area contributed by atoms with Crippen molar-refractivity contribution in [2.45, 2.75) is 6.42 Å². The third-order valence-corrected chi connectivity index (χ3v) is 2.19. The normalized spacial score (nSPS) is 9.69. The number of carbonyl (C=O) groups is 1. The Labute approximate surface area is 90.0 Å². The summed E-state index contributed by atoms with van der Waals surface area (Å²) in [6, 6.07) is 5.34. The number of carbonyl (C=O) groups excluding carboxylic acids is 1. The van der Waals surface area contributed by atoms with E-state index < -0.39 is 0 Å². The first-order chi connectivity index (χ1) is 6.24. The predicted octanol–water partition coefficient (Wildman–Crippen LogP) is 3.07. The lowest BCUT2D eigenvalue weighted by atomic mass is 10.3. The Morgan fingerprint density at radius 3 is 3.00 bits per heavy atom. The average Bonchev–Trinajstić information content (AvgIpc) is 2.11. The Balaban J connectivity index is 2.64. The molecule has 0 N–H and O–H groups in total. The molecule has 2 nitrogen and oxygen atoms in total. The van der Waals surface area contributed by atoms with Crippen LogP contribution in [0.2, 0.25) is 5.02 Å². The predicted molar refractivity (Wildman–Crippen MR) is 55.3 cm³/mol. The van der Waals surface area contributed by atoms with Gasteiger partial charge in [0.1, 0.15) is 12.0 Å². The van der Waals surface area contributed by atoms with E-state index in [-0.39, 0.29) is 0 Å². The summed E-state index contributed by atoms with van der Waals surface area (Å²) in [7, 11) is 0. The summed E-state index contributed by atoms with van der Waals surface area (Å²) < 4.78 is 6.17.